The summed E-state index contributed by atoms with van der Waals surface area (Å²) in [4.78, 5) is 12.2. The van der Waals surface area contributed by atoms with Crippen LogP contribution in [0.5, 0.6) is 11.5 Å². The molecule has 0 spiro atoms. The Morgan fingerprint density at radius 1 is 1.20 bits per heavy atom. The molecule has 2 aromatic carbocycles. The molecule has 0 saturated carbocycles. The SMILES string of the molecule is N#Cc1ccccc1/C=C/C(=O)Nc1cc2c(cc1Cl)OCCCO2. The molecule has 1 N–H and O–H groups in total. The van der Waals surface area contributed by atoms with E-state index in [0.29, 0.717) is 46.5 Å². The second kappa shape index (κ2) is 7.73. The molecule has 1 amide bonds. The van der Waals surface area contributed by atoms with E-state index >= 15 is 0 Å². The number of fused-ring (bicyclic) bond motifs is 1. The lowest BCUT2D eigenvalue weighted by atomic mass is 10.1. The first-order chi connectivity index (χ1) is 12.2. The Balaban J connectivity index is 1.76. The van der Waals surface area contributed by atoms with E-state index in [9.17, 15) is 4.79 Å². The van der Waals surface area contributed by atoms with Crippen molar-refractivity contribution < 1.29 is 14.3 Å². The van der Waals surface area contributed by atoms with Crippen molar-refractivity contribution in [3.8, 4) is 17.6 Å². The number of amides is 1. The van der Waals surface area contributed by atoms with Crippen LogP contribution in [0.2, 0.25) is 5.02 Å². The Morgan fingerprint density at radius 2 is 1.92 bits per heavy atom. The van der Waals surface area contributed by atoms with E-state index < -0.39 is 0 Å². The highest BCUT2D eigenvalue weighted by atomic mass is 35.5. The monoisotopic (exact) mass is 354 g/mol. The molecule has 0 unspecified atom stereocenters. The van der Waals surface area contributed by atoms with E-state index in [2.05, 4.69) is 11.4 Å². The maximum atomic E-state index is 12.2. The molecule has 25 heavy (non-hydrogen) atoms. The zero-order chi connectivity index (χ0) is 17.6. The zero-order valence-electron chi connectivity index (χ0n) is 13.3. The van der Waals surface area contributed by atoms with E-state index in [-0.39, 0.29) is 5.91 Å². The number of hydrogen-bond acceptors (Lipinski definition) is 4. The van der Waals surface area contributed by atoms with Gasteiger partial charge in [0, 0.05) is 24.6 Å². The van der Waals surface area contributed by atoms with Gasteiger partial charge in [-0.3, -0.25) is 4.79 Å². The smallest absolute Gasteiger partial charge is 0.248 e. The summed E-state index contributed by atoms with van der Waals surface area (Å²) in [6.07, 6.45) is 3.73. The van der Waals surface area contributed by atoms with E-state index in [4.69, 9.17) is 26.3 Å². The Hall–Kier alpha value is -2.97. The largest absolute Gasteiger partial charge is 0.490 e. The van der Waals surface area contributed by atoms with Gasteiger partial charge in [0.2, 0.25) is 5.91 Å². The molecule has 6 heteroatoms. The minimum Gasteiger partial charge on any atom is -0.490 e. The van der Waals surface area contributed by atoms with E-state index in [1.165, 1.54) is 6.08 Å². The molecular formula is C19H15ClN2O3. The van der Waals surface area contributed by atoms with E-state index in [0.717, 1.165) is 6.42 Å². The number of hydrogen-bond donors (Lipinski definition) is 1. The third-order valence-electron chi connectivity index (χ3n) is 3.59. The number of rotatable bonds is 3. The number of halogens is 1. The summed E-state index contributed by atoms with van der Waals surface area (Å²) in [5.41, 5.74) is 1.61. The van der Waals surface area contributed by atoms with Gasteiger partial charge in [0.05, 0.1) is 35.6 Å². The Labute approximate surface area is 150 Å². The van der Waals surface area contributed by atoms with E-state index in [1.807, 2.05) is 0 Å². The molecule has 1 aliphatic rings. The molecule has 0 aromatic heterocycles. The van der Waals surface area contributed by atoms with Crippen LogP contribution in [-0.4, -0.2) is 19.1 Å². The van der Waals surface area contributed by atoms with Crippen LogP contribution in [0.25, 0.3) is 6.08 Å². The standard InChI is InChI=1S/C19H15ClN2O3/c20-15-10-17-18(25-9-3-8-24-17)11-16(15)22-19(23)7-6-13-4-1-2-5-14(13)12-21/h1-2,4-7,10-11H,3,8-9H2,(H,22,23)/b7-6+. The third kappa shape index (κ3) is 4.11. The van der Waals surface area contributed by atoms with Gasteiger partial charge in [-0.1, -0.05) is 29.8 Å². The number of nitrogens with zero attached hydrogens (tertiary/aromatic N) is 1. The van der Waals surface area contributed by atoms with Crippen molar-refractivity contribution in [2.45, 2.75) is 6.42 Å². The number of nitriles is 1. The molecule has 0 atom stereocenters. The molecule has 1 aliphatic heterocycles. The lowest BCUT2D eigenvalue weighted by Crippen LogP contribution is -2.08. The number of anilines is 1. The van der Waals surface area contributed by atoms with Crippen LogP contribution < -0.4 is 14.8 Å². The van der Waals surface area contributed by atoms with Crippen LogP contribution in [0.1, 0.15) is 17.5 Å². The molecule has 126 valence electrons. The van der Waals surface area contributed by atoms with Crippen molar-refractivity contribution in [3.05, 3.63) is 58.6 Å². The quantitative estimate of drug-likeness (QED) is 0.845. The van der Waals surface area contributed by atoms with Gasteiger partial charge in [0.25, 0.3) is 0 Å². The number of nitrogens with one attached hydrogen (secondary N) is 1. The fraction of sp³-hybridized carbons (Fsp3) is 0.158. The molecule has 2 aromatic rings. The third-order valence-corrected chi connectivity index (χ3v) is 3.90. The molecule has 5 nitrogen and oxygen atoms in total. The summed E-state index contributed by atoms with van der Waals surface area (Å²) in [7, 11) is 0. The number of carbonyl (C=O) groups excluding carboxylic acids is 1. The van der Waals surface area contributed by atoms with Gasteiger partial charge >= 0.3 is 0 Å². The number of benzene rings is 2. The first-order valence-corrected chi connectivity index (χ1v) is 8.12. The summed E-state index contributed by atoms with van der Waals surface area (Å²) in [5.74, 6) is 0.763. The van der Waals surface area contributed by atoms with Crippen LogP contribution in [0.3, 0.4) is 0 Å². The molecule has 0 radical (unpaired) electrons. The molecule has 0 bridgehead atoms. The lowest BCUT2D eigenvalue weighted by molar-refractivity contribution is -0.111. The fourth-order valence-electron chi connectivity index (χ4n) is 2.36. The normalized spacial score (nSPS) is 13.1. The highest BCUT2D eigenvalue weighted by Gasteiger charge is 2.15. The Morgan fingerprint density at radius 3 is 2.68 bits per heavy atom. The summed E-state index contributed by atoms with van der Waals surface area (Å²) in [6, 6.07) is 12.4. The van der Waals surface area contributed by atoms with Gasteiger partial charge in [-0.25, -0.2) is 0 Å². The lowest BCUT2D eigenvalue weighted by Gasteiger charge is -2.11. The number of carbonyl (C=O) groups is 1. The predicted octanol–water partition coefficient (Wildman–Crippen LogP) is 4.02. The summed E-state index contributed by atoms with van der Waals surface area (Å²) in [5, 5.41) is 12.1. The highest BCUT2D eigenvalue weighted by Crippen LogP contribution is 2.37. The summed E-state index contributed by atoms with van der Waals surface area (Å²) >= 11 is 6.21. The topological polar surface area (TPSA) is 71.4 Å². The highest BCUT2D eigenvalue weighted by molar-refractivity contribution is 6.34. The van der Waals surface area contributed by atoms with Crippen molar-refractivity contribution in [2.24, 2.45) is 0 Å². The van der Waals surface area contributed by atoms with Crippen molar-refractivity contribution >= 4 is 29.3 Å². The molecule has 3 rings (SSSR count). The van der Waals surface area contributed by atoms with Crippen LogP contribution in [0.4, 0.5) is 5.69 Å². The van der Waals surface area contributed by atoms with Gasteiger partial charge in [0.15, 0.2) is 11.5 Å². The van der Waals surface area contributed by atoms with Crippen LogP contribution >= 0.6 is 11.6 Å². The minimum atomic E-state index is -0.357. The maximum Gasteiger partial charge on any atom is 0.248 e. The average Bonchev–Trinajstić information content (AvgIpc) is 2.85. The van der Waals surface area contributed by atoms with Gasteiger partial charge < -0.3 is 14.8 Å². The Bertz CT molecular complexity index is 871. The molecule has 0 saturated heterocycles. The van der Waals surface area contributed by atoms with Crippen molar-refractivity contribution in [3.63, 3.8) is 0 Å². The average molecular weight is 355 g/mol. The van der Waals surface area contributed by atoms with Crippen LogP contribution in [0, 0.1) is 11.3 Å². The van der Waals surface area contributed by atoms with Gasteiger partial charge in [0.1, 0.15) is 0 Å². The summed E-state index contributed by atoms with van der Waals surface area (Å²) < 4.78 is 11.1. The Kier molecular flexibility index (Phi) is 5.22. The van der Waals surface area contributed by atoms with Crippen LogP contribution in [0.15, 0.2) is 42.5 Å². The second-order valence-electron chi connectivity index (χ2n) is 5.35. The molecular weight excluding hydrogens is 340 g/mol. The van der Waals surface area contributed by atoms with Crippen molar-refractivity contribution in [2.75, 3.05) is 18.5 Å². The van der Waals surface area contributed by atoms with Crippen LogP contribution in [-0.2, 0) is 4.79 Å². The maximum absolute atomic E-state index is 12.2. The van der Waals surface area contributed by atoms with Gasteiger partial charge in [-0.2, -0.15) is 5.26 Å². The first kappa shape index (κ1) is 16.9. The van der Waals surface area contributed by atoms with Gasteiger partial charge in [-0.05, 0) is 17.7 Å². The van der Waals surface area contributed by atoms with E-state index in [1.54, 1.807) is 42.5 Å². The predicted molar refractivity (Wildman–Crippen MR) is 95.9 cm³/mol. The number of ether oxygens (including phenoxy) is 2. The second-order valence-corrected chi connectivity index (χ2v) is 5.76. The van der Waals surface area contributed by atoms with Crippen molar-refractivity contribution in [1.82, 2.24) is 0 Å². The summed E-state index contributed by atoms with van der Waals surface area (Å²) in [6.45, 7) is 1.11. The molecule has 0 fully saturated rings. The van der Waals surface area contributed by atoms with Gasteiger partial charge in [-0.15, -0.1) is 0 Å². The molecule has 0 aliphatic carbocycles. The molecule has 1 heterocycles. The zero-order valence-corrected chi connectivity index (χ0v) is 14.0. The first-order valence-electron chi connectivity index (χ1n) is 7.75. The minimum absolute atomic E-state index is 0.357. The fourth-order valence-corrected chi connectivity index (χ4v) is 2.56. The van der Waals surface area contributed by atoms with Crippen molar-refractivity contribution in [1.29, 1.82) is 5.26 Å².